The molecule has 0 radical (unpaired) electrons. The van der Waals surface area contributed by atoms with Crippen molar-refractivity contribution < 1.29 is 4.39 Å². The van der Waals surface area contributed by atoms with Crippen LogP contribution in [0, 0.1) is 5.82 Å². The maximum atomic E-state index is 13.6. The highest BCUT2D eigenvalue weighted by molar-refractivity contribution is 7.09. The lowest BCUT2D eigenvalue weighted by Gasteiger charge is -2.18. The minimum absolute atomic E-state index is 0.211. The molecule has 0 aliphatic rings. The summed E-state index contributed by atoms with van der Waals surface area (Å²) in [5, 5.41) is 3.04. The van der Waals surface area contributed by atoms with Gasteiger partial charge in [0.15, 0.2) is 0 Å². The van der Waals surface area contributed by atoms with Crippen LogP contribution in [0.3, 0.4) is 0 Å². The highest BCUT2D eigenvalue weighted by Gasteiger charge is 2.09. The summed E-state index contributed by atoms with van der Waals surface area (Å²) in [5.74, 6) is -0.211. The third kappa shape index (κ3) is 3.05. The summed E-state index contributed by atoms with van der Waals surface area (Å²) in [4.78, 5) is 6.33. The summed E-state index contributed by atoms with van der Waals surface area (Å²) in [7, 11) is 1.86. The lowest BCUT2D eigenvalue weighted by Crippen LogP contribution is -2.17. The Labute approximate surface area is 110 Å². The number of thiazole rings is 1. The van der Waals surface area contributed by atoms with Gasteiger partial charge in [0.2, 0.25) is 0 Å². The van der Waals surface area contributed by atoms with Crippen LogP contribution in [-0.4, -0.2) is 18.6 Å². The van der Waals surface area contributed by atoms with Gasteiger partial charge in [-0.2, -0.15) is 0 Å². The van der Waals surface area contributed by atoms with Crippen LogP contribution in [0.25, 0.3) is 0 Å². The largest absolute Gasteiger partial charge is 0.366 e. The summed E-state index contributed by atoms with van der Waals surface area (Å²) in [5.41, 5.74) is 7.03. The zero-order valence-electron chi connectivity index (χ0n) is 10.3. The van der Waals surface area contributed by atoms with Gasteiger partial charge >= 0.3 is 0 Å². The molecule has 0 amide bonds. The fourth-order valence-corrected chi connectivity index (χ4v) is 2.55. The second-order valence-corrected chi connectivity index (χ2v) is 5.02. The van der Waals surface area contributed by atoms with Crippen molar-refractivity contribution in [3.05, 3.63) is 46.2 Å². The third-order valence-electron chi connectivity index (χ3n) is 2.62. The standard InChI is InChI=1S/C13H16FN3S/c1-17(12-5-3-2-4-11(12)14)8-10-9-18-13(16-10)6-7-15/h2-5,9H,6-8,15H2,1H3. The van der Waals surface area contributed by atoms with Crippen LogP contribution in [0.5, 0.6) is 0 Å². The molecule has 0 aliphatic heterocycles. The molecular weight excluding hydrogens is 249 g/mol. The number of aromatic nitrogens is 1. The number of hydrogen-bond acceptors (Lipinski definition) is 4. The first-order valence-electron chi connectivity index (χ1n) is 5.79. The van der Waals surface area contributed by atoms with Gasteiger partial charge in [-0.1, -0.05) is 12.1 Å². The van der Waals surface area contributed by atoms with E-state index < -0.39 is 0 Å². The van der Waals surface area contributed by atoms with Gasteiger partial charge < -0.3 is 10.6 Å². The fraction of sp³-hybridized carbons (Fsp3) is 0.308. The van der Waals surface area contributed by atoms with Crippen molar-refractivity contribution in [2.24, 2.45) is 5.73 Å². The minimum atomic E-state index is -0.211. The van der Waals surface area contributed by atoms with Gasteiger partial charge in [-0.05, 0) is 18.7 Å². The molecule has 0 unspecified atom stereocenters. The van der Waals surface area contributed by atoms with Gasteiger partial charge in [-0.25, -0.2) is 9.37 Å². The summed E-state index contributed by atoms with van der Waals surface area (Å²) in [6.07, 6.45) is 0.800. The SMILES string of the molecule is CN(Cc1csc(CCN)n1)c1ccccc1F. The molecule has 0 bridgehead atoms. The molecule has 5 heteroatoms. The molecule has 1 aromatic heterocycles. The van der Waals surface area contributed by atoms with Crippen LogP contribution in [0.2, 0.25) is 0 Å². The molecule has 0 aliphatic carbocycles. The quantitative estimate of drug-likeness (QED) is 0.902. The van der Waals surface area contributed by atoms with E-state index in [4.69, 9.17) is 5.73 Å². The van der Waals surface area contributed by atoms with Crippen molar-refractivity contribution >= 4 is 17.0 Å². The molecule has 3 nitrogen and oxygen atoms in total. The highest BCUT2D eigenvalue weighted by atomic mass is 32.1. The van der Waals surface area contributed by atoms with E-state index in [2.05, 4.69) is 4.98 Å². The van der Waals surface area contributed by atoms with Gasteiger partial charge in [-0.3, -0.25) is 0 Å². The van der Waals surface area contributed by atoms with E-state index in [0.717, 1.165) is 17.1 Å². The van der Waals surface area contributed by atoms with Crippen LogP contribution in [-0.2, 0) is 13.0 Å². The lowest BCUT2D eigenvalue weighted by molar-refractivity contribution is 0.622. The second kappa shape index (κ2) is 5.93. The minimum Gasteiger partial charge on any atom is -0.366 e. The Kier molecular flexibility index (Phi) is 4.28. The number of nitrogens with zero attached hydrogens (tertiary/aromatic N) is 2. The summed E-state index contributed by atoms with van der Waals surface area (Å²) in [6, 6.07) is 6.75. The molecule has 1 aromatic carbocycles. The summed E-state index contributed by atoms with van der Waals surface area (Å²) in [6.45, 7) is 1.21. The van der Waals surface area contributed by atoms with Crippen LogP contribution in [0.15, 0.2) is 29.6 Å². The van der Waals surface area contributed by atoms with Crippen molar-refractivity contribution in [2.75, 3.05) is 18.5 Å². The number of anilines is 1. The third-order valence-corrected chi connectivity index (χ3v) is 3.58. The molecule has 0 spiro atoms. The molecule has 0 saturated heterocycles. The van der Waals surface area contributed by atoms with Crippen LogP contribution >= 0.6 is 11.3 Å². The number of benzene rings is 1. The number of nitrogens with two attached hydrogens (primary N) is 1. The number of rotatable bonds is 5. The Morgan fingerprint density at radius 2 is 2.17 bits per heavy atom. The molecule has 2 rings (SSSR count). The molecule has 96 valence electrons. The first kappa shape index (κ1) is 13.0. The van der Waals surface area contributed by atoms with Crippen LogP contribution in [0.1, 0.15) is 10.7 Å². The Hall–Kier alpha value is -1.46. The molecule has 2 aromatic rings. The summed E-state index contributed by atoms with van der Waals surface area (Å²) < 4.78 is 13.6. The Morgan fingerprint density at radius 1 is 1.39 bits per heavy atom. The monoisotopic (exact) mass is 265 g/mol. The van der Waals surface area contributed by atoms with E-state index in [0.29, 0.717) is 18.8 Å². The zero-order chi connectivity index (χ0) is 13.0. The second-order valence-electron chi connectivity index (χ2n) is 4.08. The molecule has 0 atom stereocenters. The fourth-order valence-electron chi connectivity index (χ4n) is 1.75. The molecule has 2 N–H and O–H groups in total. The van der Waals surface area contributed by atoms with E-state index in [9.17, 15) is 4.39 Å². The van der Waals surface area contributed by atoms with E-state index in [1.54, 1.807) is 23.5 Å². The van der Waals surface area contributed by atoms with E-state index >= 15 is 0 Å². The van der Waals surface area contributed by atoms with Gasteiger partial charge in [0, 0.05) is 18.8 Å². The number of para-hydroxylation sites is 1. The van der Waals surface area contributed by atoms with Gasteiger partial charge in [0.05, 0.1) is 22.9 Å². The van der Waals surface area contributed by atoms with E-state index in [-0.39, 0.29) is 5.82 Å². The lowest BCUT2D eigenvalue weighted by atomic mass is 10.2. The predicted molar refractivity (Wildman–Crippen MR) is 73.4 cm³/mol. The van der Waals surface area contributed by atoms with Crippen LogP contribution < -0.4 is 10.6 Å². The topological polar surface area (TPSA) is 42.1 Å². The Morgan fingerprint density at radius 3 is 2.89 bits per heavy atom. The van der Waals surface area contributed by atoms with Gasteiger partial charge in [0.25, 0.3) is 0 Å². The predicted octanol–water partition coefficient (Wildman–Crippen LogP) is 2.42. The highest BCUT2D eigenvalue weighted by Crippen LogP contribution is 2.20. The Balaban J connectivity index is 2.06. The van der Waals surface area contributed by atoms with Crippen molar-refractivity contribution in [3.63, 3.8) is 0 Å². The van der Waals surface area contributed by atoms with E-state index in [1.807, 2.05) is 23.4 Å². The van der Waals surface area contributed by atoms with Gasteiger partial charge in [0.1, 0.15) is 5.82 Å². The van der Waals surface area contributed by atoms with Crippen molar-refractivity contribution in [1.29, 1.82) is 0 Å². The van der Waals surface area contributed by atoms with E-state index in [1.165, 1.54) is 6.07 Å². The maximum absolute atomic E-state index is 13.6. The first-order valence-corrected chi connectivity index (χ1v) is 6.67. The van der Waals surface area contributed by atoms with Crippen molar-refractivity contribution in [3.8, 4) is 0 Å². The average molecular weight is 265 g/mol. The molecule has 0 fully saturated rings. The summed E-state index contributed by atoms with van der Waals surface area (Å²) >= 11 is 1.60. The Bertz CT molecular complexity index is 512. The molecular formula is C13H16FN3S. The number of hydrogen-bond donors (Lipinski definition) is 1. The number of halogens is 1. The van der Waals surface area contributed by atoms with Crippen molar-refractivity contribution in [1.82, 2.24) is 4.98 Å². The molecule has 1 heterocycles. The first-order chi connectivity index (χ1) is 8.70. The molecule has 0 saturated carbocycles. The normalized spacial score (nSPS) is 10.6. The smallest absolute Gasteiger partial charge is 0.146 e. The van der Waals surface area contributed by atoms with Crippen LogP contribution in [0.4, 0.5) is 10.1 Å². The molecule has 18 heavy (non-hydrogen) atoms. The maximum Gasteiger partial charge on any atom is 0.146 e. The van der Waals surface area contributed by atoms with Gasteiger partial charge in [-0.15, -0.1) is 11.3 Å². The van der Waals surface area contributed by atoms with Crippen molar-refractivity contribution in [2.45, 2.75) is 13.0 Å². The zero-order valence-corrected chi connectivity index (χ0v) is 11.1. The average Bonchev–Trinajstić information content (AvgIpc) is 2.77.